The molecule has 1 saturated carbocycles. The van der Waals surface area contributed by atoms with E-state index in [0.29, 0.717) is 22.4 Å². The first-order chi connectivity index (χ1) is 8.56. The summed E-state index contributed by atoms with van der Waals surface area (Å²) in [6, 6.07) is 0.327. The van der Waals surface area contributed by atoms with Crippen LogP contribution in [0.15, 0.2) is 10.8 Å². The lowest BCUT2D eigenvalue weighted by molar-refractivity contribution is -0.119. The first kappa shape index (κ1) is 12.3. The number of aryl methyl sites for hydroxylation is 1. The molecule has 0 unspecified atom stereocenters. The number of hydrogen-bond acceptors (Lipinski definition) is 4. The number of anilines is 1. The maximum absolute atomic E-state index is 12.2. The van der Waals surface area contributed by atoms with E-state index in [2.05, 4.69) is 31.2 Å². The van der Waals surface area contributed by atoms with Gasteiger partial charge in [-0.3, -0.25) is 9.78 Å². The highest BCUT2D eigenvalue weighted by Crippen LogP contribution is 2.41. The van der Waals surface area contributed by atoms with Crippen LogP contribution in [0, 0.1) is 12.8 Å². The van der Waals surface area contributed by atoms with Gasteiger partial charge in [-0.05, 0) is 41.6 Å². The second kappa shape index (κ2) is 4.43. The average molecular weight is 332 g/mol. The monoisotopic (exact) mass is 330 g/mol. The molecule has 5 nitrogen and oxygen atoms in total. The summed E-state index contributed by atoms with van der Waals surface area (Å²) in [5.41, 5.74) is 0.761. The Morgan fingerprint density at radius 3 is 3.00 bits per heavy atom. The number of carbonyl (C=O) groups is 1. The number of piperidine rings is 1. The zero-order valence-electron chi connectivity index (χ0n) is 9.73. The standard InChI is InChI=1S/C11H12BrClN4O/c1-5-10(12)16-9(4-14-5)17(13)11(18)8-3-6-2-7(6)15-8/h4,6-8,15H,2-3H2,1H3/t6-,7-,8+/m1/s1. The van der Waals surface area contributed by atoms with E-state index in [-0.39, 0.29) is 11.9 Å². The van der Waals surface area contributed by atoms with Gasteiger partial charge in [0.2, 0.25) is 0 Å². The number of nitrogens with zero attached hydrogens (tertiary/aromatic N) is 3. The van der Waals surface area contributed by atoms with Crippen molar-refractivity contribution in [3.8, 4) is 0 Å². The molecule has 96 valence electrons. The Balaban J connectivity index is 1.74. The van der Waals surface area contributed by atoms with Crippen molar-refractivity contribution in [3.05, 3.63) is 16.5 Å². The lowest BCUT2D eigenvalue weighted by Crippen LogP contribution is -2.41. The SMILES string of the molecule is Cc1ncc(N(Cl)C(=O)[C@@H]2C[C@H]3C[C@H]3N2)nc1Br. The summed E-state index contributed by atoms with van der Waals surface area (Å²) < 4.78 is 1.65. The van der Waals surface area contributed by atoms with Crippen LogP contribution in [0.1, 0.15) is 18.5 Å². The largest absolute Gasteiger partial charge is 0.303 e. The Labute approximate surface area is 118 Å². The highest BCUT2D eigenvalue weighted by molar-refractivity contribution is 9.10. The number of carbonyl (C=O) groups excluding carboxylic acids is 1. The summed E-state index contributed by atoms with van der Waals surface area (Å²) in [6.07, 6.45) is 3.55. The Morgan fingerprint density at radius 1 is 1.61 bits per heavy atom. The molecule has 2 aliphatic rings. The van der Waals surface area contributed by atoms with E-state index in [9.17, 15) is 4.79 Å². The van der Waals surface area contributed by atoms with E-state index in [0.717, 1.165) is 16.5 Å². The third-order valence-electron chi connectivity index (χ3n) is 3.45. The number of amides is 1. The zero-order chi connectivity index (χ0) is 12.9. The maximum atomic E-state index is 12.2. The molecule has 1 aliphatic heterocycles. The van der Waals surface area contributed by atoms with Crippen molar-refractivity contribution in [1.29, 1.82) is 0 Å². The number of aromatic nitrogens is 2. The van der Waals surface area contributed by atoms with E-state index >= 15 is 0 Å². The summed E-state index contributed by atoms with van der Waals surface area (Å²) in [5.74, 6) is 0.843. The molecule has 1 amide bonds. The third kappa shape index (κ3) is 2.13. The Hall–Kier alpha value is -0.720. The van der Waals surface area contributed by atoms with Crippen molar-refractivity contribution < 1.29 is 4.79 Å². The fourth-order valence-electron chi connectivity index (χ4n) is 2.28. The fraction of sp³-hybridized carbons (Fsp3) is 0.545. The van der Waals surface area contributed by atoms with Gasteiger partial charge in [0.15, 0.2) is 5.82 Å². The van der Waals surface area contributed by atoms with Gasteiger partial charge in [-0.25, -0.2) is 9.40 Å². The van der Waals surface area contributed by atoms with Gasteiger partial charge in [0.1, 0.15) is 4.60 Å². The average Bonchev–Trinajstić information content (AvgIpc) is 2.98. The minimum Gasteiger partial charge on any atom is -0.303 e. The normalized spacial score (nSPS) is 28.9. The van der Waals surface area contributed by atoms with Gasteiger partial charge >= 0.3 is 0 Å². The molecule has 0 aromatic carbocycles. The summed E-state index contributed by atoms with van der Waals surface area (Å²) >= 11 is 9.32. The minimum absolute atomic E-state index is 0.158. The molecule has 0 spiro atoms. The van der Waals surface area contributed by atoms with Crippen LogP contribution < -0.4 is 9.74 Å². The van der Waals surface area contributed by atoms with E-state index in [1.807, 2.05) is 6.92 Å². The second-order valence-corrected chi connectivity index (χ2v) is 5.87. The molecule has 1 saturated heterocycles. The van der Waals surface area contributed by atoms with E-state index < -0.39 is 0 Å². The maximum Gasteiger partial charge on any atom is 0.260 e. The minimum atomic E-state index is -0.187. The van der Waals surface area contributed by atoms with E-state index in [1.165, 1.54) is 12.6 Å². The zero-order valence-corrected chi connectivity index (χ0v) is 12.1. The Morgan fingerprint density at radius 2 is 2.39 bits per heavy atom. The highest BCUT2D eigenvalue weighted by Gasteiger charge is 2.48. The van der Waals surface area contributed by atoms with E-state index in [4.69, 9.17) is 11.8 Å². The lowest BCUT2D eigenvalue weighted by Gasteiger charge is -2.18. The Bertz CT molecular complexity index is 502. The van der Waals surface area contributed by atoms with Gasteiger partial charge in [0, 0.05) is 17.8 Å². The number of halogens is 2. The highest BCUT2D eigenvalue weighted by atomic mass is 79.9. The third-order valence-corrected chi connectivity index (χ3v) is 4.54. The summed E-state index contributed by atoms with van der Waals surface area (Å²) in [4.78, 5) is 20.5. The number of fused-ring (bicyclic) bond motifs is 1. The van der Waals surface area contributed by atoms with Crippen LogP contribution in [0.4, 0.5) is 5.82 Å². The van der Waals surface area contributed by atoms with Gasteiger partial charge in [-0.2, -0.15) is 0 Å². The first-order valence-electron chi connectivity index (χ1n) is 5.81. The fourth-order valence-corrected chi connectivity index (χ4v) is 2.76. The van der Waals surface area contributed by atoms with Crippen LogP contribution in [-0.4, -0.2) is 28.0 Å². The van der Waals surface area contributed by atoms with Crippen LogP contribution in [0.2, 0.25) is 0 Å². The molecular weight excluding hydrogens is 320 g/mol. The summed E-state index contributed by atoms with van der Waals surface area (Å²) in [5, 5.41) is 3.27. The van der Waals surface area contributed by atoms with Crippen LogP contribution in [-0.2, 0) is 4.79 Å². The molecule has 3 atom stereocenters. The van der Waals surface area contributed by atoms with E-state index in [1.54, 1.807) is 0 Å². The molecule has 1 aromatic heterocycles. The molecule has 0 radical (unpaired) electrons. The van der Waals surface area contributed by atoms with Crippen molar-refractivity contribution in [3.63, 3.8) is 0 Å². The number of hydrogen-bond donors (Lipinski definition) is 1. The molecule has 2 heterocycles. The molecular formula is C11H12BrClN4O. The summed E-state index contributed by atoms with van der Waals surface area (Å²) in [7, 11) is 0. The van der Waals surface area contributed by atoms with Gasteiger partial charge in [0.25, 0.3) is 5.91 Å². The lowest BCUT2D eigenvalue weighted by atomic mass is 10.2. The molecule has 0 bridgehead atoms. The summed E-state index contributed by atoms with van der Waals surface area (Å²) in [6.45, 7) is 1.83. The number of rotatable bonds is 2. The van der Waals surface area contributed by atoms with Crippen molar-refractivity contribution in [2.75, 3.05) is 4.42 Å². The topological polar surface area (TPSA) is 58.1 Å². The Kier molecular flexibility index (Phi) is 3.03. The quantitative estimate of drug-likeness (QED) is 0.839. The van der Waals surface area contributed by atoms with Crippen LogP contribution in [0.5, 0.6) is 0 Å². The predicted molar refractivity (Wildman–Crippen MR) is 71.2 cm³/mol. The molecule has 7 heteroatoms. The number of nitrogens with one attached hydrogen (secondary N) is 1. The van der Waals surface area contributed by atoms with Crippen LogP contribution in [0.3, 0.4) is 0 Å². The van der Waals surface area contributed by atoms with Crippen molar-refractivity contribution in [2.24, 2.45) is 5.92 Å². The molecule has 1 aromatic rings. The molecule has 3 rings (SSSR count). The molecule has 1 N–H and O–H groups in total. The van der Waals surface area contributed by atoms with Crippen molar-refractivity contribution in [1.82, 2.24) is 15.3 Å². The van der Waals surface area contributed by atoms with Gasteiger partial charge < -0.3 is 5.32 Å². The predicted octanol–water partition coefficient (Wildman–Crippen LogP) is 1.78. The molecule has 18 heavy (non-hydrogen) atoms. The van der Waals surface area contributed by atoms with Crippen LogP contribution >= 0.6 is 27.7 Å². The molecule has 1 aliphatic carbocycles. The van der Waals surface area contributed by atoms with Gasteiger partial charge in [-0.1, -0.05) is 0 Å². The first-order valence-corrected chi connectivity index (χ1v) is 6.94. The van der Waals surface area contributed by atoms with Crippen molar-refractivity contribution in [2.45, 2.75) is 31.8 Å². The van der Waals surface area contributed by atoms with Gasteiger partial charge in [-0.15, -0.1) is 0 Å². The van der Waals surface area contributed by atoms with Crippen LogP contribution in [0.25, 0.3) is 0 Å². The van der Waals surface area contributed by atoms with Crippen molar-refractivity contribution >= 4 is 39.4 Å². The molecule has 2 fully saturated rings. The smallest absolute Gasteiger partial charge is 0.260 e. The van der Waals surface area contributed by atoms with Gasteiger partial charge in [0.05, 0.1) is 17.9 Å². The second-order valence-electron chi connectivity index (χ2n) is 4.78.